The Morgan fingerprint density at radius 2 is 2.17 bits per heavy atom. The lowest BCUT2D eigenvalue weighted by atomic mass is 10.1. The molecule has 0 bridgehead atoms. The number of amides is 1. The SMILES string of the molecule is Cc1ccccc1/C=N/NC=O. The van der Waals surface area contributed by atoms with Gasteiger partial charge in [0.25, 0.3) is 0 Å². The molecule has 0 atom stereocenters. The summed E-state index contributed by atoms with van der Waals surface area (Å²) in [5, 5.41) is 3.68. The van der Waals surface area contributed by atoms with Gasteiger partial charge in [-0.3, -0.25) is 4.79 Å². The Kier molecular flexibility index (Phi) is 3.02. The van der Waals surface area contributed by atoms with Crippen molar-refractivity contribution < 1.29 is 4.79 Å². The van der Waals surface area contributed by atoms with E-state index in [1.54, 1.807) is 6.21 Å². The van der Waals surface area contributed by atoms with Crippen molar-refractivity contribution in [1.82, 2.24) is 5.43 Å². The van der Waals surface area contributed by atoms with Crippen LogP contribution in [0.4, 0.5) is 0 Å². The van der Waals surface area contributed by atoms with Gasteiger partial charge in [-0.05, 0) is 18.1 Å². The van der Waals surface area contributed by atoms with Crippen LogP contribution < -0.4 is 5.43 Å². The molecular weight excluding hydrogens is 152 g/mol. The van der Waals surface area contributed by atoms with Crippen LogP contribution in [0.1, 0.15) is 11.1 Å². The standard InChI is InChI=1S/C9H10N2O/c1-8-4-2-3-5-9(8)6-10-11-7-12/h2-7H,1H3,(H,11,12)/b10-6+. The quantitative estimate of drug-likeness (QED) is 0.403. The van der Waals surface area contributed by atoms with E-state index in [0.717, 1.165) is 11.1 Å². The van der Waals surface area contributed by atoms with Gasteiger partial charge in [0.1, 0.15) is 0 Å². The second-order valence-electron chi connectivity index (χ2n) is 2.36. The van der Waals surface area contributed by atoms with Crippen molar-refractivity contribution in [2.24, 2.45) is 5.10 Å². The van der Waals surface area contributed by atoms with E-state index in [9.17, 15) is 4.79 Å². The molecule has 0 fully saturated rings. The first-order valence-corrected chi connectivity index (χ1v) is 3.62. The van der Waals surface area contributed by atoms with Crippen molar-refractivity contribution in [2.45, 2.75) is 6.92 Å². The summed E-state index contributed by atoms with van der Waals surface area (Å²) in [6.45, 7) is 1.99. The molecule has 3 nitrogen and oxygen atoms in total. The number of nitrogens with one attached hydrogen (secondary N) is 1. The second kappa shape index (κ2) is 4.28. The molecule has 1 rings (SSSR count). The molecule has 0 aliphatic heterocycles. The molecule has 0 aromatic heterocycles. The average molecular weight is 162 g/mol. The summed E-state index contributed by atoms with van der Waals surface area (Å²) in [7, 11) is 0. The predicted octanol–water partition coefficient (Wildman–Crippen LogP) is 1.07. The van der Waals surface area contributed by atoms with E-state index >= 15 is 0 Å². The van der Waals surface area contributed by atoms with Gasteiger partial charge in [-0.2, -0.15) is 5.10 Å². The number of hydrazone groups is 1. The highest BCUT2D eigenvalue weighted by atomic mass is 16.1. The number of rotatable bonds is 3. The van der Waals surface area contributed by atoms with E-state index in [4.69, 9.17) is 0 Å². The monoisotopic (exact) mass is 162 g/mol. The largest absolute Gasteiger partial charge is 0.277 e. The van der Waals surface area contributed by atoms with Gasteiger partial charge in [0, 0.05) is 0 Å². The summed E-state index contributed by atoms with van der Waals surface area (Å²) in [6.07, 6.45) is 2.15. The van der Waals surface area contributed by atoms with Gasteiger partial charge in [0.05, 0.1) is 6.21 Å². The van der Waals surface area contributed by atoms with Gasteiger partial charge >= 0.3 is 0 Å². The van der Waals surface area contributed by atoms with E-state index < -0.39 is 0 Å². The summed E-state index contributed by atoms with van der Waals surface area (Å²) in [5.74, 6) is 0. The molecule has 0 heterocycles. The summed E-state index contributed by atoms with van der Waals surface area (Å²) in [4.78, 5) is 9.86. The van der Waals surface area contributed by atoms with E-state index in [-0.39, 0.29) is 0 Å². The van der Waals surface area contributed by atoms with Gasteiger partial charge in [-0.1, -0.05) is 24.3 Å². The van der Waals surface area contributed by atoms with Crippen molar-refractivity contribution in [3.05, 3.63) is 35.4 Å². The number of hydrogen-bond acceptors (Lipinski definition) is 2. The number of nitrogens with zero attached hydrogens (tertiary/aromatic N) is 1. The van der Waals surface area contributed by atoms with Gasteiger partial charge in [0.2, 0.25) is 6.41 Å². The maximum Gasteiger partial charge on any atom is 0.227 e. The van der Waals surface area contributed by atoms with Gasteiger partial charge in [0.15, 0.2) is 0 Å². The van der Waals surface area contributed by atoms with Gasteiger partial charge in [-0.15, -0.1) is 0 Å². The molecule has 3 heteroatoms. The van der Waals surface area contributed by atoms with E-state index in [1.165, 1.54) is 0 Å². The lowest BCUT2D eigenvalue weighted by Crippen LogP contribution is -2.01. The summed E-state index contributed by atoms with van der Waals surface area (Å²) in [5.41, 5.74) is 4.35. The Bertz CT molecular complexity index is 294. The number of carbonyl (C=O) groups is 1. The van der Waals surface area contributed by atoms with Crippen molar-refractivity contribution >= 4 is 12.6 Å². The van der Waals surface area contributed by atoms with E-state index in [0.29, 0.717) is 6.41 Å². The Morgan fingerprint density at radius 1 is 1.42 bits per heavy atom. The molecule has 12 heavy (non-hydrogen) atoms. The maximum atomic E-state index is 9.86. The smallest absolute Gasteiger partial charge is 0.227 e. The molecule has 0 unspecified atom stereocenters. The van der Waals surface area contributed by atoms with Crippen LogP contribution >= 0.6 is 0 Å². The zero-order chi connectivity index (χ0) is 8.81. The zero-order valence-electron chi connectivity index (χ0n) is 6.82. The summed E-state index contributed by atoms with van der Waals surface area (Å²) >= 11 is 0. The van der Waals surface area contributed by atoms with Crippen LogP contribution in [0.5, 0.6) is 0 Å². The predicted molar refractivity (Wildman–Crippen MR) is 48.0 cm³/mol. The molecule has 0 spiro atoms. The van der Waals surface area contributed by atoms with Crippen LogP contribution in [0.2, 0.25) is 0 Å². The molecule has 0 saturated heterocycles. The molecule has 1 aromatic carbocycles. The Balaban J connectivity index is 2.74. The summed E-state index contributed by atoms with van der Waals surface area (Å²) < 4.78 is 0. The molecule has 0 aliphatic rings. The Morgan fingerprint density at radius 3 is 2.83 bits per heavy atom. The number of aryl methyl sites for hydroxylation is 1. The van der Waals surface area contributed by atoms with Gasteiger partial charge < -0.3 is 0 Å². The first kappa shape index (κ1) is 8.46. The molecular formula is C9H10N2O. The Hall–Kier alpha value is -1.64. The minimum Gasteiger partial charge on any atom is -0.277 e. The van der Waals surface area contributed by atoms with Crippen molar-refractivity contribution in [3.63, 3.8) is 0 Å². The Labute approximate surface area is 71.1 Å². The molecule has 0 radical (unpaired) electrons. The number of benzene rings is 1. The van der Waals surface area contributed by atoms with Crippen LogP contribution in [0.15, 0.2) is 29.4 Å². The molecule has 1 N–H and O–H groups in total. The third kappa shape index (κ3) is 2.20. The lowest BCUT2D eigenvalue weighted by molar-refractivity contribution is -0.109. The van der Waals surface area contributed by atoms with Crippen LogP contribution in [-0.4, -0.2) is 12.6 Å². The van der Waals surface area contributed by atoms with Crippen molar-refractivity contribution in [3.8, 4) is 0 Å². The zero-order valence-corrected chi connectivity index (χ0v) is 6.82. The van der Waals surface area contributed by atoms with Crippen LogP contribution in [-0.2, 0) is 4.79 Å². The van der Waals surface area contributed by atoms with E-state index in [1.807, 2.05) is 31.2 Å². The summed E-state index contributed by atoms with van der Waals surface area (Å²) in [6, 6.07) is 7.81. The van der Waals surface area contributed by atoms with Crippen LogP contribution in [0.25, 0.3) is 0 Å². The normalized spacial score (nSPS) is 10.1. The first-order chi connectivity index (χ1) is 5.84. The highest BCUT2D eigenvalue weighted by Gasteiger charge is 1.90. The van der Waals surface area contributed by atoms with Gasteiger partial charge in [-0.25, -0.2) is 5.43 Å². The second-order valence-corrected chi connectivity index (χ2v) is 2.36. The molecule has 1 aromatic rings. The van der Waals surface area contributed by atoms with Crippen molar-refractivity contribution in [2.75, 3.05) is 0 Å². The molecule has 1 amide bonds. The average Bonchev–Trinajstić information content (AvgIpc) is 2.09. The lowest BCUT2D eigenvalue weighted by Gasteiger charge is -1.96. The fourth-order valence-corrected chi connectivity index (χ4v) is 0.869. The topological polar surface area (TPSA) is 41.5 Å². The van der Waals surface area contributed by atoms with Crippen molar-refractivity contribution in [1.29, 1.82) is 0 Å². The number of carbonyl (C=O) groups excluding carboxylic acids is 1. The number of hydrogen-bond donors (Lipinski definition) is 1. The van der Waals surface area contributed by atoms with E-state index in [2.05, 4.69) is 10.5 Å². The molecule has 0 saturated carbocycles. The maximum absolute atomic E-state index is 9.86. The minimum absolute atomic E-state index is 0.536. The molecule has 0 aliphatic carbocycles. The minimum atomic E-state index is 0.536. The third-order valence-corrected chi connectivity index (χ3v) is 1.52. The third-order valence-electron chi connectivity index (χ3n) is 1.52. The highest BCUT2D eigenvalue weighted by molar-refractivity contribution is 5.81. The molecule has 62 valence electrons. The van der Waals surface area contributed by atoms with Crippen LogP contribution in [0.3, 0.4) is 0 Å². The fraction of sp³-hybridized carbons (Fsp3) is 0.111. The highest BCUT2D eigenvalue weighted by Crippen LogP contribution is 2.02. The fourth-order valence-electron chi connectivity index (χ4n) is 0.869. The first-order valence-electron chi connectivity index (χ1n) is 3.62. The van der Waals surface area contributed by atoms with Crippen LogP contribution in [0, 0.1) is 6.92 Å².